The minimum Gasteiger partial charge on any atom is -0.494 e. The number of nitriles is 1. The number of carbonyl (C=O) groups is 1. The molecule has 0 aliphatic carbocycles. The van der Waals surface area contributed by atoms with Gasteiger partial charge >= 0.3 is 0 Å². The number of anilines is 1. The minimum atomic E-state index is -0.892. The van der Waals surface area contributed by atoms with Crippen LogP contribution in [-0.2, 0) is 9.73 Å². The van der Waals surface area contributed by atoms with Crippen LogP contribution in [0.4, 0.5) is 10.1 Å². The monoisotopic (exact) mass is 480 g/mol. The molecule has 1 saturated heterocycles. The highest BCUT2D eigenvalue weighted by Gasteiger charge is 2.48. The third kappa shape index (κ3) is 4.73. The summed E-state index contributed by atoms with van der Waals surface area (Å²) < 4.78 is 19.7. The van der Waals surface area contributed by atoms with Crippen LogP contribution < -0.4 is 9.80 Å². The molecule has 2 heterocycles. The highest BCUT2D eigenvalue weighted by atomic mass is 35.5. The molecule has 0 spiro atoms. The van der Waals surface area contributed by atoms with E-state index in [4.69, 9.17) is 26.5 Å². The van der Waals surface area contributed by atoms with Crippen molar-refractivity contribution in [2.24, 2.45) is 0 Å². The highest BCUT2D eigenvalue weighted by molar-refractivity contribution is 6.32. The van der Waals surface area contributed by atoms with Gasteiger partial charge in [-0.2, -0.15) is 15.3 Å². The average Bonchev–Trinajstić information content (AvgIpc) is 3.06. The summed E-state index contributed by atoms with van der Waals surface area (Å²) in [5.74, 6) is 0.0362. The first kappa shape index (κ1) is 23.6. The summed E-state index contributed by atoms with van der Waals surface area (Å²) in [6.45, 7) is 4.39. The first-order valence-electron chi connectivity index (χ1n) is 10.6. The second kappa shape index (κ2) is 9.77. The highest BCUT2D eigenvalue weighted by Crippen LogP contribution is 2.33. The number of amides is 1. The molecule has 0 N–H and O–H groups in total. The molecule has 0 radical (unpaired) electrons. The van der Waals surface area contributed by atoms with Crippen LogP contribution in [0.1, 0.15) is 25.8 Å². The second-order valence-electron chi connectivity index (χ2n) is 8.20. The van der Waals surface area contributed by atoms with Gasteiger partial charge in [0.15, 0.2) is 0 Å². The van der Waals surface area contributed by atoms with Crippen LogP contribution in [-0.4, -0.2) is 34.6 Å². The van der Waals surface area contributed by atoms with Crippen molar-refractivity contribution in [1.82, 2.24) is 10.0 Å². The van der Waals surface area contributed by atoms with E-state index in [0.29, 0.717) is 42.1 Å². The lowest BCUT2D eigenvalue weighted by Gasteiger charge is -2.24. The third-order valence-corrected chi connectivity index (χ3v) is 5.84. The van der Waals surface area contributed by atoms with Crippen molar-refractivity contribution in [2.45, 2.75) is 25.8 Å². The number of hydrogen-bond donors (Lipinski definition) is 0. The summed E-state index contributed by atoms with van der Waals surface area (Å²) in [5, 5.41) is 12.1. The van der Waals surface area contributed by atoms with E-state index >= 15 is 0 Å². The molecular weight excluding hydrogens is 459 g/mol. The maximum atomic E-state index is 13.9. The zero-order valence-corrected chi connectivity index (χ0v) is 19.4. The van der Waals surface area contributed by atoms with Crippen molar-refractivity contribution in [2.75, 3.05) is 18.2 Å². The third-order valence-electron chi connectivity index (χ3n) is 5.53. The number of hydroxylamine groups is 3. The van der Waals surface area contributed by atoms with Crippen molar-refractivity contribution >= 4 is 23.2 Å². The lowest BCUT2D eigenvalue weighted by molar-refractivity contribution is -0.165. The summed E-state index contributed by atoms with van der Waals surface area (Å²) in [5.41, 5.74) is 1.10. The predicted octanol–water partition coefficient (Wildman–Crippen LogP) is 5.16. The van der Waals surface area contributed by atoms with Crippen LogP contribution in [0.15, 0.2) is 60.9 Å². The van der Waals surface area contributed by atoms with Crippen LogP contribution in [0.5, 0.6) is 5.75 Å². The summed E-state index contributed by atoms with van der Waals surface area (Å²) in [7, 11) is 0. The molecule has 1 amide bonds. The lowest BCUT2D eigenvalue weighted by atomic mass is 10.0. The first-order valence-corrected chi connectivity index (χ1v) is 11.0. The van der Waals surface area contributed by atoms with E-state index < -0.39 is 5.54 Å². The summed E-state index contributed by atoms with van der Waals surface area (Å²) in [6, 6.07) is 15.5. The Kier molecular flexibility index (Phi) is 6.80. The fourth-order valence-electron chi connectivity index (χ4n) is 3.54. The van der Waals surface area contributed by atoms with Crippen LogP contribution in [0.25, 0.3) is 11.1 Å². The number of benzene rings is 2. The quantitative estimate of drug-likeness (QED) is 0.435. The maximum absolute atomic E-state index is 13.9. The number of aromatic nitrogens is 1. The fourth-order valence-corrected chi connectivity index (χ4v) is 3.75. The smallest absolute Gasteiger partial charge is 0.274 e. The molecule has 4 rings (SSSR count). The van der Waals surface area contributed by atoms with E-state index in [-0.39, 0.29) is 16.7 Å². The Bertz CT molecular complexity index is 1240. The SMILES string of the molecule is CC1(C)C(=O)N(c2ccc(C#N)c(Cl)c2)ON1CCCOc1ccc(-c2ccncc2F)cc1. The van der Waals surface area contributed by atoms with E-state index in [0.717, 1.165) is 5.56 Å². The molecule has 3 aromatic rings. The Labute approximate surface area is 201 Å². The zero-order valence-electron chi connectivity index (χ0n) is 18.7. The molecule has 0 bridgehead atoms. The van der Waals surface area contributed by atoms with Crippen molar-refractivity contribution in [3.63, 3.8) is 0 Å². The Morgan fingerprint density at radius 3 is 2.65 bits per heavy atom. The van der Waals surface area contributed by atoms with Gasteiger partial charge in [0, 0.05) is 18.3 Å². The van der Waals surface area contributed by atoms with Gasteiger partial charge in [-0.25, -0.2) is 4.39 Å². The van der Waals surface area contributed by atoms with Crippen LogP contribution in [0.2, 0.25) is 5.02 Å². The molecule has 174 valence electrons. The molecule has 1 fully saturated rings. The van der Waals surface area contributed by atoms with Gasteiger partial charge in [0.2, 0.25) is 0 Å². The zero-order chi connectivity index (χ0) is 24.3. The minimum absolute atomic E-state index is 0.242. The van der Waals surface area contributed by atoms with Crippen molar-refractivity contribution in [3.8, 4) is 22.9 Å². The first-order chi connectivity index (χ1) is 16.3. The number of pyridine rings is 1. The van der Waals surface area contributed by atoms with Crippen molar-refractivity contribution < 1.29 is 18.9 Å². The molecule has 34 heavy (non-hydrogen) atoms. The molecule has 1 aromatic heterocycles. The fraction of sp³-hybridized carbons (Fsp3) is 0.240. The van der Waals surface area contributed by atoms with E-state index in [1.54, 1.807) is 67.6 Å². The topological polar surface area (TPSA) is 78.7 Å². The molecule has 1 aliphatic heterocycles. The van der Waals surface area contributed by atoms with E-state index in [1.807, 2.05) is 6.07 Å². The lowest BCUT2D eigenvalue weighted by Crippen LogP contribution is -2.43. The largest absolute Gasteiger partial charge is 0.494 e. The van der Waals surface area contributed by atoms with Gasteiger partial charge in [0.1, 0.15) is 23.2 Å². The molecule has 7 nitrogen and oxygen atoms in total. The average molecular weight is 481 g/mol. The molecule has 0 saturated carbocycles. The molecule has 9 heteroatoms. The van der Waals surface area contributed by atoms with Gasteiger partial charge in [0.25, 0.3) is 5.91 Å². The number of carbonyl (C=O) groups excluding carboxylic acids is 1. The summed E-state index contributed by atoms with van der Waals surface area (Å²) >= 11 is 6.11. The normalized spacial score (nSPS) is 15.4. The van der Waals surface area contributed by atoms with Crippen molar-refractivity contribution in [1.29, 1.82) is 5.26 Å². The number of hydrogen-bond acceptors (Lipinski definition) is 6. The molecule has 1 aliphatic rings. The number of ether oxygens (including phenoxy) is 1. The molecule has 2 aromatic carbocycles. The van der Waals surface area contributed by atoms with Crippen LogP contribution >= 0.6 is 11.6 Å². The number of rotatable bonds is 7. The van der Waals surface area contributed by atoms with Crippen LogP contribution in [0, 0.1) is 17.1 Å². The Hall–Kier alpha value is -3.51. The summed E-state index contributed by atoms with van der Waals surface area (Å²) in [6.07, 6.45) is 3.33. The molecular formula is C25H22ClFN4O3. The number of halogens is 2. The van der Waals surface area contributed by atoms with Crippen LogP contribution in [0.3, 0.4) is 0 Å². The van der Waals surface area contributed by atoms with Crippen molar-refractivity contribution in [3.05, 3.63) is 77.3 Å². The second-order valence-corrected chi connectivity index (χ2v) is 8.61. The van der Waals surface area contributed by atoms with Gasteiger partial charge in [0.05, 0.1) is 29.1 Å². The maximum Gasteiger partial charge on any atom is 0.274 e. The Morgan fingerprint density at radius 2 is 1.97 bits per heavy atom. The summed E-state index contributed by atoms with van der Waals surface area (Å²) in [4.78, 5) is 22.5. The van der Waals surface area contributed by atoms with Gasteiger partial charge in [-0.15, -0.1) is 5.06 Å². The van der Waals surface area contributed by atoms with E-state index in [1.165, 1.54) is 17.3 Å². The molecule has 0 unspecified atom stereocenters. The van der Waals surface area contributed by atoms with E-state index in [9.17, 15) is 9.18 Å². The standard InChI is InChI=1S/C25H22ClFN4O3/c1-25(2)24(32)31(19-7-4-18(15-28)22(26)14-19)34-30(25)12-3-13-33-20-8-5-17(6-9-20)21-10-11-29-16-23(21)27/h4-11,14,16H,3,12-13H2,1-2H3. The van der Waals surface area contributed by atoms with Gasteiger partial charge in [-0.1, -0.05) is 23.7 Å². The number of nitrogens with zero attached hydrogens (tertiary/aromatic N) is 4. The Morgan fingerprint density at radius 1 is 1.21 bits per heavy atom. The van der Waals surface area contributed by atoms with Gasteiger partial charge in [-0.3, -0.25) is 9.78 Å². The van der Waals surface area contributed by atoms with E-state index in [2.05, 4.69) is 4.98 Å². The predicted molar refractivity (Wildman–Crippen MR) is 125 cm³/mol. The Balaban J connectivity index is 1.33. The van der Waals surface area contributed by atoms with Gasteiger partial charge < -0.3 is 4.74 Å². The van der Waals surface area contributed by atoms with Gasteiger partial charge in [-0.05, 0) is 62.2 Å². The molecule has 0 atom stereocenters.